The molecule has 0 bridgehead atoms. The summed E-state index contributed by atoms with van der Waals surface area (Å²) in [5.41, 5.74) is 6.78. The highest BCUT2D eigenvalue weighted by Crippen LogP contribution is 2.10. The van der Waals surface area contributed by atoms with Crippen molar-refractivity contribution in [2.45, 2.75) is 20.3 Å². The second-order valence-electron chi connectivity index (χ2n) is 4.93. The Labute approximate surface area is 97.0 Å². The van der Waals surface area contributed by atoms with Gasteiger partial charge in [-0.3, -0.25) is 0 Å². The fourth-order valence-corrected chi connectivity index (χ4v) is 1.42. The van der Waals surface area contributed by atoms with Gasteiger partial charge in [0.1, 0.15) is 5.82 Å². The summed E-state index contributed by atoms with van der Waals surface area (Å²) in [6.45, 7) is 6.66. The molecule has 1 rings (SSSR count). The van der Waals surface area contributed by atoms with E-state index in [-0.39, 0.29) is 11.2 Å². The van der Waals surface area contributed by atoms with E-state index in [1.165, 1.54) is 6.07 Å². The summed E-state index contributed by atoms with van der Waals surface area (Å²) in [6, 6.07) is 6.73. The predicted octanol–water partition coefficient (Wildman–Crippen LogP) is 1.94. The summed E-state index contributed by atoms with van der Waals surface area (Å²) in [7, 11) is 0. The molecule has 0 spiro atoms. The molecule has 1 aromatic rings. The zero-order chi connectivity index (χ0) is 12.0. The highest BCUT2D eigenvalue weighted by molar-refractivity contribution is 5.16. The van der Waals surface area contributed by atoms with Crippen LogP contribution in [0.1, 0.15) is 19.4 Å². The molecule has 0 aromatic heterocycles. The first-order valence-electron chi connectivity index (χ1n) is 5.69. The molecule has 16 heavy (non-hydrogen) atoms. The Morgan fingerprint density at radius 1 is 1.38 bits per heavy atom. The Bertz CT molecular complexity index is 323. The van der Waals surface area contributed by atoms with Crippen LogP contribution in [-0.2, 0) is 6.42 Å². The minimum atomic E-state index is -0.167. The normalized spacial score (nSPS) is 11.8. The van der Waals surface area contributed by atoms with Gasteiger partial charge in [-0.05, 0) is 42.6 Å². The summed E-state index contributed by atoms with van der Waals surface area (Å²) in [5, 5.41) is 3.34. The van der Waals surface area contributed by atoms with Crippen LogP contribution in [0.3, 0.4) is 0 Å². The summed E-state index contributed by atoms with van der Waals surface area (Å²) < 4.78 is 12.9. The molecule has 0 saturated heterocycles. The molecule has 0 amide bonds. The van der Waals surface area contributed by atoms with Gasteiger partial charge in [-0.15, -0.1) is 0 Å². The van der Waals surface area contributed by atoms with Crippen molar-refractivity contribution in [1.82, 2.24) is 5.32 Å². The molecule has 0 unspecified atom stereocenters. The van der Waals surface area contributed by atoms with E-state index in [2.05, 4.69) is 19.2 Å². The van der Waals surface area contributed by atoms with Crippen LogP contribution in [0.2, 0.25) is 0 Å². The van der Waals surface area contributed by atoms with E-state index < -0.39 is 0 Å². The molecule has 1 aromatic carbocycles. The molecule has 0 heterocycles. The van der Waals surface area contributed by atoms with Crippen LogP contribution in [-0.4, -0.2) is 19.6 Å². The molecule has 0 aliphatic carbocycles. The first kappa shape index (κ1) is 13.1. The van der Waals surface area contributed by atoms with Gasteiger partial charge in [-0.1, -0.05) is 26.0 Å². The summed E-state index contributed by atoms with van der Waals surface area (Å²) in [5.74, 6) is -0.167. The van der Waals surface area contributed by atoms with Crippen molar-refractivity contribution in [3.63, 3.8) is 0 Å². The predicted molar refractivity (Wildman–Crippen MR) is 65.8 cm³/mol. The summed E-state index contributed by atoms with van der Waals surface area (Å²) in [6.07, 6.45) is 0.846. The average molecular weight is 224 g/mol. The van der Waals surface area contributed by atoms with Gasteiger partial charge in [0, 0.05) is 6.54 Å². The molecule has 0 aliphatic heterocycles. The molecule has 90 valence electrons. The van der Waals surface area contributed by atoms with Crippen molar-refractivity contribution in [3.8, 4) is 0 Å². The minimum absolute atomic E-state index is 0.127. The van der Waals surface area contributed by atoms with Gasteiger partial charge in [0.05, 0.1) is 0 Å². The molecule has 0 saturated carbocycles. The van der Waals surface area contributed by atoms with Crippen molar-refractivity contribution in [2.75, 3.05) is 19.6 Å². The lowest BCUT2D eigenvalue weighted by Gasteiger charge is -2.22. The van der Waals surface area contributed by atoms with Gasteiger partial charge in [-0.2, -0.15) is 0 Å². The number of hydrogen-bond acceptors (Lipinski definition) is 2. The van der Waals surface area contributed by atoms with Crippen LogP contribution in [0.5, 0.6) is 0 Å². The third-order valence-electron chi connectivity index (χ3n) is 2.64. The van der Waals surface area contributed by atoms with E-state index in [0.717, 1.165) is 25.1 Å². The molecule has 0 fully saturated rings. The Hall–Kier alpha value is -0.930. The largest absolute Gasteiger partial charge is 0.330 e. The van der Waals surface area contributed by atoms with Crippen molar-refractivity contribution in [2.24, 2.45) is 11.1 Å². The van der Waals surface area contributed by atoms with Crippen LogP contribution in [0.15, 0.2) is 24.3 Å². The third-order valence-corrected chi connectivity index (χ3v) is 2.64. The van der Waals surface area contributed by atoms with E-state index in [9.17, 15) is 4.39 Å². The maximum absolute atomic E-state index is 12.9. The maximum Gasteiger partial charge on any atom is 0.123 e. The topological polar surface area (TPSA) is 38.0 Å². The van der Waals surface area contributed by atoms with E-state index in [1.54, 1.807) is 12.1 Å². The Morgan fingerprint density at radius 2 is 2.12 bits per heavy atom. The lowest BCUT2D eigenvalue weighted by molar-refractivity contribution is 0.353. The monoisotopic (exact) mass is 224 g/mol. The summed E-state index contributed by atoms with van der Waals surface area (Å²) in [4.78, 5) is 0. The zero-order valence-corrected chi connectivity index (χ0v) is 10.1. The fraction of sp³-hybridized carbons (Fsp3) is 0.538. The minimum Gasteiger partial charge on any atom is -0.330 e. The van der Waals surface area contributed by atoms with E-state index in [1.807, 2.05) is 6.07 Å². The quantitative estimate of drug-likeness (QED) is 0.725. The van der Waals surface area contributed by atoms with Crippen LogP contribution in [0.4, 0.5) is 4.39 Å². The first-order valence-corrected chi connectivity index (χ1v) is 5.69. The SMILES string of the molecule is CC(C)(CN)CNCCc1cccc(F)c1. The van der Waals surface area contributed by atoms with Crippen molar-refractivity contribution in [3.05, 3.63) is 35.6 Å². The third kappa shape index (κ3) is 4.73. The van der Waals surface area contributed by atoms with Crippen LogP contribution in [0.25, 0.3) is 0 Å². The molecule has 0 aliphatic rings. The van der Waals surface area contributed by atoms with Crippen molar-refractivity contribution >= 4 is 0 Å². The average Bonchev–Trinajstić information content (AvgIpc) is 2.25. The van der Waals surface area contributed by atoms with E-state index >= 15 is 0 Å². The number of nitrogens with two attached hydrogens (primary N) is 1. The van der Waals surface area contributed by atoms with Crippen molar-refractivity contribution < 1.29 is 4.39 Å². The number of hydrogen-bond donors (Lipinski definition) is 2. The Kier molecular flexibility index (Phi) is 4.90. The van der Waals surface area contributed by atoms with Gasteiger partial charge in [-0.25, -0.2) is 4.39 Å². The second kappa shape index (κ2) is 5.97. The van der Waals surface area contributed by atoms with Crippen molar-refractivity contribution in [1.29, 1.82) is 0 Å². The molecule has 3 heteroatoms. The molecular formula is C13H21FN2. The number of nitrogens with one attached hydrogen (secondary N) is 1. The van der Waals surface area contributed by atoms with Gasteiger partial charge in [0.15, 0.2) is 0 Å². The molecule has 2 nitrogen and oxygen atoms in total. The lowest BCUT2D eigenvalue weighted by Crippen LogP contribution is -2.36. The highest BCUT2D eigenvalue weighted by Gasteiger charge is 2.13. The van der Waals surface area contributed by atoms with Crippen LogP contribution >= 0.6 is 0 Å². The van der Waals surface area contributed by atoms with Crippen LogP contribution in [0, 0.1) is 11.2 Å². The van der Waals surface area contributed by atoms with Gasteiger partial charge in [0.2, 0.25) is 0 Å². The maximum atomic E-state index is 12.9. The highest BCUT2D eigenvalue weighted by atomic mass is 19.1. The van der Waals surface area contributed by atoms with Gasteiger partial charge < -0.3 is 11.1 Å². The van der Waals surface area contributed by atoms with E-state index in [0.29, 0.717) is 6.54 Å². The van der Waals surface area contributed by atoms with Gasteiger partial charge >= 0.3 is 0 Å². The standard InChI is InChI=1S/C13H21FN2/c1-13(2,9-15)10-16-7-6-11-4-3-5-12(14)8-11/h3-5,8,16H,6-7,9-10,15H2,1-2H3. The second-order valence-corrected chi connectivity index (χ2v) is 4.93. The summed E-state index contributed by atoms with van der Waals surface area (Å²) >= 11 is 0. The molecule has 3 N–H and O–H groups in total. The lowest BCUT2D eigenvalue weighted by atomic mass is 9.94. The fourth-order valence-electron chi connectivity index (χ4n) is 1.42. The first-order chi connectivity index (χ1) is 7.53. The van der Waals surface area contributed by atoms with E-state index in [4.69, 9.17) is 5.73 Å². The zero-order valence-electron chi connectivity index (χ0n) is 10.1. The van der Waals surface area contributed by atoms with Crippen LogP contribution < -0.4 is 11.1 Å². The Balaban J connectivity index is 2.26. The smallest absolute Gasteiger partial charge is 0.123 e. The molecule has 0 atom stereocenters. The van der Waals surface area contributed by atoms with Gasteiger partial charge in [0.25, 0.3) is 0 Å². The Morgan fingerprint density at radius 3 is 2.75 bits per heavy atom. The molecule has 0 radical (unpaired) electrons. The number of rotatable bonds is 6. The number of benzene rings is 1. The number of halogens is 1. The molecular weight excluding hydrogens is 203 g/mol.